The summed E-state index contributed by atoms with van der Waals surface area (Å²) in [5, 5.41) is 14.3. The third-order valence-corrected chi connectivity index (χ3v) is 8.27. The minimum atomic E-state index is -5.12. The normalized spacial score (nSPS) is 19.0. The van der Waals surface area contributed by atoms with Crippen molar-refractivity contribution in [3.8, 4) is 0 Å². The quantitative estimate of drug-likeness (QED) is 0.489. The molecule has 1 atom stereocenters. The van der Waals surface area contributed by atoms with Gasteiger partial charge in [0.15, 0.2) is 0 Å². The highest BCUT2D eigenvalue weighted by Gasteiger charge is 2.62. The van der Waals surface area contributed by atoms with Crippen LogP contribution in [0.1, 0.15) is 48.0 Å². The van der Waals surface area contributed by atoms with Gasteiger partial charge in [-0.2, -0.15) is 13.2 Å². The number of aliphatic hydroxyl groups is 1. The average molecular weight is 552 g/mol. The number of hydrogen-bond donors (Lipinski definition) is 2. The van der Waals surface area contributed by atoms with Gasteiger partial charge in [-0.25, -0.2) is 0 Å². The summed E-state index contributed by atoms with van der Waals surface area (Å²) in [5.41, 5.74) is -2.68. The molecule has 2 amide bonds. The first-order valence-electron chi connectivity index (χ1n) is 12.8. The summed E-state index contributed by atoms with van der Waals surface area (Å²) in [4.78, 5) is 27.7. The number of benzene rings is 2. The Bertz CT molecular complexity index is 1160. The van der Waals surface area contributed by atoms with E-state index in [0.717, 1.165) is 48.5 Å². The number of amides is 2. The van der Waals surface area contributed by atoms with Crippen LogP contribution in [-0.4, -0.2) is 66.6 Å². The molecule has 0 radical (unpaired) electrons. The van der Waals surface area contributed by atoms with Gasteiger partial charge < -0.3 is 20.2 Å². The van der Waals surface area contributed by atoms with Crippen LogP contribution in [0.3, 0.4) is 0 Å². The van der Waals surface area contributed by atoms with Crippen molar-refractivity contribution in [3.05, 3.63) is 64.7 Å². The van der Waals surface area contributed by atoms with E-state index in [0.29, 0.717) is 29.3 Å². The number of nitrogens with zero attached hydrogens (tertiary/aromatic N) is 2. The average Bonchev–Trinajstić information content (AvgIpc) is 2.86. The van der Waals surface area contributed by atoms with E-state index in [2.05, 4.69) is 5.32 Å². The summed E-state index contributed by atoms with van der Waals surface area (Å²) in [6, 6.07) is 11.8. The Kier molecular flexibility index (Phi) is 8.00. The summed E-state index contributed by atoms with van der Waals surface area (Å²) in [5.74, 6) is -0.966. The number of anilines is 1. The van der Waals surface area contributed by atoms with Crippen LogP contribution in [0.15, 0.2) is 48.5 Å². The first kappa shape index (κ1) is 28.2. The van der Waals surface area contributed by atoms with Crippen molar-refractivity contribution in [1.29, 1.82) is 0 Å². The number of hydrogen-bond acceptors (Lipinski definition) is 4. The van der Waals surface area contributed by atoms with E-state index in [9.17, 15) is 27.9 Å². The summed E-state index contributed by atoms with van der Waals surface area (Å²) in [6.45, 7) is 1.13. The minimum Gasteiger partial charge on any atom is -0.385 e. The fourth-order valence-corrected chi connectivity index (χ4v) is 6.00. The SMILES string of the molecule is CN(C)C(=O)c1ccc(NCCC2CC3(CCN(C(=O)[C@](O)(c4ccccc4)C(F)(F)F)CC3)C2)cc1Cl. The number of carbonyl (C=O) groups is 2. The Morgan fingerprint density at radius 3 is 2.29 bits per heavy atom. The van der Waals surface area contributed by atoms with Crippen LogP contribution in [0.5, 0.6) is 0 Å². The highest BCUT2D eigenvalue weighted by Crippen LogP contribution is 2.54. The molecule has 0 bridgehead atoms. The zero-order chi connectivity index (χ0) is 27.7. The number of nitrogens with one attached hydrogen (secondary N) is 1. The number of likely N-dealkylation sites (tertiary alicyclic amines) is 1. The van der Waals surface area contributed by atoms with E-state index in [1.54, 1.807) is 26.2 Å². The standard InChI is InChI=1S/C28H33ClF3N3O3/c1-34(2)24(36)22-9-8-21(16-23(22)29)33-13-10-19-17-26(18-19)11-14-35(15-12-26)25(37)27(38,28(30,31)32)20-6-4-3-5-7-20/h3-9,16,19,33,38H,10-15,17-18H2,1-2H3/t27-/m1/s1. The molecule has 6 nitrogen and oxygen atoms in total. The lowest BCUT2D eigenvalue weighted by Gasteiger charge is -2.53. The topological polar surface area (TPSA) is 72.9 Å². The Morgan fingerprint density at radius 1 is 1.11 bits per heavy atom. The Morgan fingerprint density at radius 2 is 1.74 bits per heavy atom. The maximum Gasteiger partial charge on any atom is 0.430 e. The van der Waals surface area contributed by atoms with Crippen LogP contribution in [0.4, 0.5) is 18.9 Å². The highest BCUT2D eigenvalue weighted by atomic mass is 35.5. The third kappa shape index (κ3) is 5.50. The van der Waals surface area contributed by atoms with Gasteiger partial charge in [-0.15, -0.1) is 0 Å². The van der Waals surface area contributed by atoms with Gasteiger partial charge in [0, 0.05) is 45.0 Å². The van der Waals surface area contributed by atoms with Gasteiger partial charge in [0.2, 0.25) is 0 Å². The highest BCUT2D eigenvalue weighted by molar-refractivity contribution is 6.34. The molecule has 1 aliphatic carbocycles. The van der Waals surface area contributed by atoms with Crippen molar-refractivity contribution < 1.29 is 27.9 Å². The lowest BCUT2D eigenvalue weighted by molar-refractivity contribution is -0.262. The fourth-order valence-electron chi connectivity index (χ4n) is 5.74. The van der Waals surface area contributed by atoms with Crippen molar-refractivity contribution in [2.75, 3.05) is 39.0 Å². The molecule has 10 heteroatoms. The van der Waals surface area contributed by atoms with Gasteiger partial charge in [0.05, 0.1) is 10.6 Å². The molecule has 1 heterocycles. The zero-order valence-electron chi connectivity index (χ0n) is 21.5. The summed E-state index contributed by atoms with van der Waals surface area (Å²) in [6.07, 6.45) is -1.000. The van der Waals surface area contributed by atoms with Crippen molar-refractivity contribution >= 4 is 29.1 Å². The van der Waals surface area contributed by atoms with Gasteiger partial charge in [0.25, 0.3) is 17.4 Å². The first-order valence-corrected chi connectivity index (χ1v) is 13.1. The Balaban J connectivity index is 1.26. The monoisotopic (exact) mass is 551 g/mol. The van der Waals surface area contributed by atoms with Crippen molar-refractivity contribution in [2.24, 2.45) is 11.3 Å². The van der Waals surface area contributed by atoms with Gasteiger partial charge in [0.1, 0.15) is 0 Å². The molecule has 1 saturated heterocycles. The molecule has 1 spiro atoms. The van der Waals surface area contributed by atoms with Crippen molar-refractivity contribution in [3.63, 3.8) is 0 Å². The Hall–Kier alpha value is -2.78. The second-order valence-corrected chi connectivity index (χ2v) is 11.2. The third-order valence-electron chi connectivity index (χ3n) is 7.95. The van der Waals surface area contributed by atoms with Crippen molar-refractivity contribution in [2.45, 2.75) is 43.9 Å². The molecule has 2 fully saturated rings. The number of alkyl halides is 3. The second-order valence-electron chi connectivity index (χ2n) is 10.8. The molecule has 4 rings (SSSR count). The smallest absolute Gasteiger partial charge is 0.385 e. The molecule has 38 heavy (non-hydrogen) atoms. The van der Waals surface area contributed by atoms with Gasteiger partial charge >= 0.3 is 6.18 Å². The summed E-state index contributed by atoms with van der Waals surface area (Å²) in [7, 11) is 3.34. The predicted molar refractivity (Wildman–Crippen MR) is 140 cm³/mol. The molecule has 206 valence electrons. The summed E-state index contributed by atoms with van der Waals surface area (Å²) < 4.78 is 41.7. The molecule has 2 aromatic rings. The van der Waals surface area contributed by atoms with Crippen LogP contribution in [0, 0.1) is 11.3 Å². The van der Waals surface area contributed by atoms with E-state index in [4.69, 9.17) is 11.6 Å². The zero-order valence-corrected chi connectivity index (χ0v) is 22.3. The van der Waals surface area contributed by atoms with E-state index in [1.807, 2.05) is 6.07 Å². The van der Waals surface area contributed by atoms with E-state index in [1.165, 1.54) is 23.1 Å². The number of rotatable bonds is 7. The maximum atomic E-state index is 13.9. The molecular weight excluding hydrogens is 519 g/mol. The van der Waals surface area contributed by atoms with Crippen LogP contribution in [-0.2, 0) is 10.4 Å². The Labute approximate surface area is 225 Å². The van der Waals surface area contributed by atoms with Crippen LogP contribution < -0.4 is 5.32 Å². The molecule has 1 aliphatic heterocycles. The van der Waals surface area contributed by atoms with Crippen LogP contribution in [0.2, 0.25) is 5.02 Å². The molecule has 2 aromatic carbocycles. The lowest BCUT2D eigenvalue weighted by atomic mass is 9.57. The lowest BCUT2D eigenvalue weighted by Crippen LogP contribution is -2.58. The molecule has 1 saturated carbocycles. The second kappa shape index (κ2) is 10.8. The van der Waals surface area contributed by atoms with Gasteiger partial charge in [-0.3, -0.25) is 9.59 Å². The number of carbonyl (C=O) groups excluding carboxylic acids is 2. The van der Waals surface area contributed by atoms with E-state index < -0.39 is 23.2 Å². The molecule has 0 unspecified atom stereocenters. The minimum absolute atomic E-state index is 0.0437. The van der Waals surface area contributed by atoms with Gasteiger partial charge in [-0.05, 0) is 61.6 Å². The molecular formula is C28H33ClF3N3O3. The van der Waals surface area contributed by atoms with Crippen molar-refractivity contribution in [1.82, 2.24) is 9.80 Å². The van der Waals surface area contributed by atoms with E-state index in [-0.39, 0.29) is 24.4 Å². The predicted octanol–water partition coefficient (Wildman–Crippen LogP) is 5.31. The molecule has 0 aromatic heterocycles. The largest absolute Gasteiger partial charge is 0.430 e. The molecule has 2 N–H and O–H groups in total. The first-order chi connectivity index (χ1) is 17.9. The maximum absolute atomic E-state index is 13.9. The molecule has 2 aliphatic rings. The van der Waals surface area contributed by atoms with E-state index >= 15 is 0 Å². The van der Waals surface area contributed by atoms with Crippen LogP contribution in [0.25, 0.3) is 0 Å². The summed E-state index contributed by atoms with van der Waals surface area (Å²) >= 11 is 6.27. The van der Waals surface area contributed by atoms with Gasteiger partial charge in [-0.1, -0.05) is 41.9 Å². The number of halogens is 4. The number of piperidine rings is 1. The fraction of sp³-hybridized carbons (Fsp3) is 0.500. The van der Waals surface area contributed by atoms with Crippen LogP contribution >= 0.6 is 11.6 Å².